The lowest BCUT2D eigenvalue weighted by Crippen LogP contribution is -2.56. The largest absolute Gasteiger partial charge is 0.468 e. The fourth-order valence-corrected chi connectivity index (χ4v) is 6.30. The summed E-state index contributed by atoms with van der Waals surface area (Å²) in [5.74, 6) is -2.09. The lowest BCUT2D eigenvalue weighted by Gasteiger charge is -2.32. The molecule has 3 heterocycles. The second kappa shape index (κ2) is 8.58. The highest BCUT2D eigenvalue weighted by Gasteiger charge is 2.68. The highest BCUT2D eigenvalue weighted by atomic mass is 35.5. The molecule has 1 N–H and O–H groups in total. The Balaban J connectivity index is 1.84. The Morgan fingerprint density at radius 2 is 1.94 bits per heavy atom. The van der Waals surface area contributed by atoms with E-state index in [1.54, 1.807) is 47.4 Å². The zero-order chi connectivity index (χ0) is 22.3. The molecule has 9 heteroatoms. The van der Waals surface area contributed by atoms with Crippen molar-refractivity contribution in [1.29, 1.82) is 0 Å². The van der Waals surface area contributed by atoms with Gasteiger partial charge in [-0.1, -0.05) is 11.6 Å². The molecule has 2 aliphatic heterocycles. The first-order valence-corrected chi connectivity index (χ1v) is 12.5. The molecule has 4 rings (SSSR count). The smallest absolute Gasteiger partial charge is 0.326 e. The quantitative estimate of drug-likeness (QED) is 0.502. The average molecular weight is 479 g/mol. The summed E-state index contributed by atoms with van der Waals surface area (Å²) < 4.78 is 5.17. The molecular formula is C22H23ClN2O4S2. The number of rotatable bonds is 6. The highest BCUT2D eigenvalue weighted by molar-refractivity contribution is 7.98. The molecule has 1 aromatic carbocycles. The van der Waals surface area contributed by atoms with E-state index in [4.69, 9.17) is 16.3 Å². The van der Waals surface area contributed by atoms with Crippen LogP contribution >= 0.6 is 34.7 Å². The average Bonchev–Trinajstić information content (AvgIpc) is 3.41. The zero-order valence-corrected chi connectivity index (χ0v) is 19.8. The Morgan fingerprint density at radius 3 is 2.52 bits per heavy atom. The SMILES string of the molecule is COC(=O)[C@@]1(CCSC)N[C@H](c2ccc(C)s2)[C@@H]2C(=O)N(c3ccc(Cl)cc3)C(=O)[C@@H]21. The number of anilines is 1. The number of amides is 2. The molecule has 1 aromatic heterocycles. The van der Waals surface area contributed by atoms with Crippen molar-refractivity contribution in [2.24, 2.45) is 11.8 Å². The van der Waals surface area contributed by atoms with E-state index >= 15 is 0 Å². The Labute approximate surface area is 194 Å². The molecule has 0 saturated carbocycles. The number of ether oxygens (including phenoxy) is 1. The molecule has 2 aromatic rings. The molecule has 2 fully saturated rings. The maximum absolute atomic E-state index is 13.7. The Kier molecular flexibility index (Phi) is 6.18. The van der Waals surface area contributed by atoms with Crippen molar-refractivity contribution in [2.45, 2.75) is 24.9 Å². The van der Waals surface area contributed by atoms with Gasteiger partial charge < -0.3 is 4.74 Å². The molecule has 6 nitrogen and oxygen atoms in total. The maximum atomic E-state index is 13.7. The number of imide groups is 1. The molecule has 0 unspecified atom stereocenters. The predicted molar refractivity (Wildman–Crippen MR) is 124 cm³/mol. The zero-order valence-electron chi connectivity index (χ0n) is 17.4. The number of aryl methyl sites for hydroxylation is 1. The number of halogens is 1. The number of benzene rings is 1. The van der Waals surface area contributed by atoms with Crippen molar-refractivity contribution < 1.29 is 19.1 Å². The van der Waals surface area contributed by atoms with E-state index in [0.29, 0.717) is 22.9 Å². The maximum Gasteiger partial charge on any atom is 0.326 e. The van der Waals surface area contributed by atoms with Gasteiger partial charge in [-0.15, -0.1) is 11.3 Å². The summed E-state index contributed by atoms with van der Waals surface area (Å²) in [5, 5.41) is 3.91. The number of esters is 1. The summed E-state index contributed by atoms with van der Waals surface area (Å²) in [6.07, 6.45) is 2.33. The molecule has 4 atom stereocenters. The van der Waals surface area contributed by atoms with Crippen molar-refractivity contribution in [1.82, 2.24) is 5.32 Å². The van der Waals surface area contributed by atoms with Crippen LogP contribution in [0.3, 0.4) is 0 Å². The number of nitrogens with one attached hydrogen (secondary N) is 1. The molecule has 0 bridgehead atoms. The first-order valence-electron chi connectivity index (χ1n) is 9.89. The fraction of sp³-hybridized carbons (Fsp3) is 0.409. The van der Waals surface area contributed by atoms with Crippen LogP contribution in [-0.4, -0.2) is 42.4 Å². The number of methoxy groups -OCH3 is 1. The van der Waals surface area contributed by atoms with E-state index in [1.165, 1.54) is 12.0 Å². The highest BCUT2D eigenvalue weighted by Crippen LogP contribution is 2.52. The molecule has 0 spiro atoms. The van der Waals surface area contributed by atoms with Gasteiger partial charge in [0, 0.05) is 14.8 Å². The summed E-state index contributed by atoms with van der Waals surface area (Å²) in [5.41, 5.74) is -0.808. The fourth-order valence-electron chi connectivity index (χ4n) is 4.68. The molecule has 31 heavy (non-hydrogen) atoms. The number of carbonyl (C=O) groups excluding carboxylic acids is 3. The molecule has 2 aliphatic rings. The normalized spacial score (nSPS) is 27.6. The van der Waals surface area contributed by atoms with Crippen LogP contribution < -0.4 is 10.2 Å². The number of hydrogen-bond donors (Lipinski definition) is 1. The van der Waals surface area contributed by atoms with Gasteiger partial charge in [0.25, 0.3) is 0 Å². The van der Waals surface area contributed by atoms with Crippen LogP contribution in [0.5, 0.6) is 0 Å². The minimum absolute atomic E-state index is 0.309. The number of nitrogens with zero attached hydrogens (tertiary/aromatic N) is 1. The molecule has 2 saturated heterocycles. The van der Waals surface area contributed by atoms with Gasteiger partial charge in [0.2, 0.25) is 11.8 Å². The third-order valence-electron chi connectivity index (χ3n) is 6.06. The van der Waals surface area contributed by atoms with Crippen molar-refractivity contribution >= 4 is 58.2 Å². The standard InChI is InChI=1S/C22H23ClN2O4S2/c1-12-4-9-15(31-12)18-16-17(22(24-18,10-11-30-3)21(28)29-2)20(27)25(19(16)26)14-7-5-13(23)6-8-14/h4-9,16-18,24H,10-11H2,1-3H3/t16-,17-,18-,22+/m1/s1. The van der Waals surface area contributed by atoms with E-state index in [-0.39, 0.29) is 11.8 Å². The van der Waals surface area contributed by atoms with E-state index < -0.39 is 29.4 Å². The first-order chi connectivity index (χ1) is 14.8. The van der Waals surface area contributed by atoms with Crippen LogP contribution in [0.1, 0.15) is 22.2 Å². The van der Waals surface area contributed by atoms with Crippen LogP contribution in [-0.2, 0) is 19.1 Å². The topological polar surface area (TPSA) is 75.7 Å². The van der Waals surface area contributed by atoms with Crippen LogP contribution in [0, 0.1) is 18.8 Å². The van der Waals surface area contributed by atoms with Gasteiger partial charge >= 0.3 is 5.97 Å². The lowest BCUT2D eigenvalue weighted by atomic mass is 9.78. The predicted octanol–water partition coefficient (Wildman–Crippen LogP) is 3.82. The van der Waals surface area contributed by atoms with Gasteiger partial charge in [-0.3, -0.25) is 19.7 Å². The number of hydrogen-bond acceptors (Lipinski definition) is 7. The van der Waals surface area contributed by atoms with Gasteiger partial charge in [0.05, 0.1) is 30.7 Å². The molecule has 2 amide bonds. The van der Waals surface area contributed by atoms with Gasteiger partial charge in [0.1, 0.15) is 5.54 Å². The number of thiophene rings is 1. The van der Waals surface area contributed by atoms with Crippen LogP contribution in [0.2, 0.25) is 5.02 Å². The molecular weight excluding hydrogens is 456 g/mol. The third kappa shape index (κ3) is 3.59. The lowest BCUT2D eigenvalue weighted by molar-refractivity contribution is -0.152. The summed E-state index contributed by atoms with van der Waals surface area (Å²) in [7, 11) is 1.32. The van der Waals surface area contributed by atoms with E-state index in [9.17, 15) is 14.4 Å². The van der Waals surface area contributed by atoms with Crippen molar-refractivity contribution in [3.05, 3.63) is 51.2 Å². The third-order valence-corrected chi connectivity index (χ3v) is 8.00. The summed E-state index contributed by atoms with van der Waals surface area (Å²) in [6, 6.07) is 10.1. The summed E-state index contributed by atoms with van der Waals surface area (Å²) >= 11 is 9.14. The summed E-state index contributed by atoms with van der Waals surface area (Å²) in [6.45, 7) is 1.99. The number of carbonyl (C=O) groups is 3. The summed E-state index contributed by atoms with van der Waals surface area (Å²) in [4.78, 5) is 43.7. The van der Waals surface area contributed by atoms with E-state index in [1.807, 2.05) is 25.3 Å². The number of fused-ring (bicyclic) bond motifs is 1. The van der Waals surface area contributed by atoms with Crippen molar-refractivity contribution in [3.63, 3.8) is 0 Å². The Morgan fingerprint density at radius 1 is 1.23 bits per heavy atom. The van der Waals surface area contributed by atoms with E-state index in [0.717, 1.165) is 9.75 Å². The van der Waals surface area contributed by atoms with Crippen LogP contribution in [0.4, 0.5) is 5.69 Å². The second-order valence-electron chi connectivity index (χ2n) is 7.77. The number of thioether (sulfide) groups is 1. The molecule has 0 aliphatic carbocycles. The van der Waals surface area contributed by atoms with Gasteiger partial charge in [-0.05, 0) is 61.8 Å². The minimum atomic E-state index is -1.26. The second-order valence-corrected chi connectivity index (χ2v) is 10.5. The van der Waals surface area contributed by atoms with Crippen LogP contribution in [0.25, 0.3) is 0 Å². The molecule has 164 valence electrons. The van der Waals surface area contributed by atoms with Gasteiger partial charge in [0.15, 0.2) is 0 Å². The van der Waals surface area contributed by atoms with Crippen LogP contribution in [0.15, 0.2) is 36.4 Å². The van der Waals surface area contributed by atoms with Crippen molar-refractivity contribution in [3.8, 4) is 0 Å². The Hall–Kier alpha value is -1.87. The van der Waals surface area contributed by atoms with Crippen molar-refractivity contribution in [2.75, 3.05) is 24.0 Å². The Bertz CT molecular complexity index is 1020. The monoisotopic (exact) mass is 478 g/mol. The van der Waals surface area contributed by atoms with Gasteiger partial charge in [-0.25, -0.2) is 4.90 Å². The minimum Gasteiger partial charge on any atom is -0.468 e. The first kappa shape index (κ1) is 22.3. The molecule has 0 radical (unpaired) electrons. The van der Waals surface area contributed by atoms with E-state index in [2.05, 4.69) is 5.32 Å². The van der Waals surface area contributed by atoms with Gasteiger partial charge in [-0.2, -0.15) is 11.8 Å².